The molecule has 2 aromatic rings. The van der Waals surface area contributed by atoms with Crippen LogP contribution in [0.3, 0.4) is 0 Å². The van der Waals surface area contributed by atoms with Crippen molar-refractivity contribution in [3.63, 3.8) is 0 Å². The van der Waals surface area contributed by atoms with Gasteiger partial charge in [-0.15, -0.1) is 0 Å². The molecule has 3 rings (SSSR count). The number of hydrogen-bond donors (Lipinski definition) is 2. The number of carbonyl (C=O) groups excluding carboxylic acids is 1. The maximum absolute atomic E-state index is 13.2. The van der Waals surface area contributed by atoms with E-state index in [1.165, 1.54) is 6.92 Å². The second-order valence-electron chi connectivity index (χ2n) is 8.68. The molecule has 0 fully saturated rings. The largest absolute Gasteiger partial charge is 0.493 e. The number of fused-ring (bicyclic) bond motifs is 3. The highest BCUT2D eigenvalue weighted by Gasteiger charge is 2.29. The third-order valence-electron chi connectivity index (χ3n) is 6.01. The summed E-state index contributed by atoms with van der Waals surface area (Å²) in [4.78, 5) is 27.3. The Kier molecular flexibility index (Phi) is 8.39. The first-order valence-corrected chi connectivity index (χ1v) is 11.5. The Labute approximate surface area is 201 Å². The summed E-state index contributed by atoms with van der Waals surface area (Å²) in [6.07, 6.45) is 2.21. The van der Waals surface area contributed by atoms with Crippen LogP contribution < -0.4 is 30.3 Å². The van der Waals surface area contributed by atoms with E-state index in [0.29, 0.717) is 42.3 Å². The Morgan fingerprint density at radius 1 is 1.09 bits per heavy atom. The number of rotatable bonds is 9. The van der Waals surface area contributed by atoms with Gasteiger partial charge in [0.2, 0.25) is 17.1 Å². The molecule has 2 aromatic carbocycles. The van der Waals surface area contributed by atoms with Crippen LogP contribution in [0.25, 0.3) is 11.1 Å². The van der Waals surface area contributed by atoms with Crippen molar-refractivity contribution in [2.75, 3.05) is 53.8 Å². The lowest BCUT2D eigenvalue weighted by Crippen LogP contribution is -2.26. The Morgan fingerprint density at radius 3 is 2.44 bits per heavy atom. The van der Waals surface area contributed by atoms with E-state index in [-0.39, 0.29) is 17.4 Å². The fourth-order valence-corrected chi connectivity index (χ4v) is 4.47. The van der Waals surface area contributed by atoms with Crippen molar-refractivity contribution in [3.05, 3.63) is 45.6 Å². The van der Waals surface area contributed by atoms with Gasteiger partial charge in [-0.05, 0) is 74.8 Å². The normalized spacial score (nSPS) is 14.5. The van der Waals surface area contributed by atoms with Gasteiger partial charge in [-0.1, -0.05) is 6.07 Å². The molecule has 2 N–H and O–H groups in total. The van der Waals surface area contributed by atoms with Crippen molar-refractivity contribution in [3.8, 4) is 28.4 Å². The van der Waals surface area contributed by atoms with Crippen LogP contribution in [0, 0.1) is 0 Å². The highest BCUT2D eigenvalue weighted by atomic mass is 16.5. The number of aryl methyl sites for hydroxylation is 1. The number of carbonyl (C=O) groups is 1. The lowest BCUT2D eigenvalue weighted by atomic mass is 9.95. The standard InChI is InChI=1S/C26H35N3O5/c1-16(30)28-20-10-8-17-14-23(32-4)25(33-5)26(34-6)24(17)18-9-11-21(22(31)15-19(18)20)27-12-7-13-29(2)3/h9,11,14-15,20H,7-8,10,12-13H2,1-6H3,(H,27,31)(H,28,30)/t20-/m0/s1. The predicted octanol–water partition coefficient (Wildman–Crippen LogP) is 3.23. The zero-order chi connectivity index (χ0) is 24.8. The highest BCUT2D eigenvalue weighted by molar-refractivity contribution is 5.83. The minimum atomic E-state index is -0.316. The molecule has 1 amide bonds. The van der Waals surface area contributed by atoms with Gasteiger partial charge in [-0.3, -0.25) is 9.59 Å². The summed E-state index contributed by atoms with van der Waals surface area (Å²) < 4.78 is 17.0. The molecule has 1 atom stereocenters. The highest BCUT2D eigenvalue weighted by Crippen LogP contribution is 2.50. The van der Waals surface area contributed by atoms with E-state index in [0.717, 1.165) is 35.2 Å². The SMILES string of the molecule is COc1cc2c(c(OC)c1OC)-c1ccc(NCCCN(C)C)c(=O)cc1[C@@H](NC(C)=O)CC2. The van der Waals surface area contributed by atoms with Crippen LogP contribution in [0.1, 0.15) is 36.9 Å². The molecule has 0 aliphatic heterocycles. The average molecular weight is 470 g/mol. The molecule has 0 radical (unpaired) electrons. The molecule has 34 heavy (non-hydrogen) atoms. The Bertz CT molecular complexity index is 1100. The van der Waals surface area contributed by atoms with E-state index in [2.05, 4.69) is 15.5 Å². The lowest BCUT2D eigenvalue weighted by molar-refractivity contribution is -0.119. The van der Waals surface area contributed by atoms with Gasteiger partial charge in [0.25, 0.3) is 0 Å². The summed E-state index contributed by atoms with van der Waals surface area (Å²) >= 11 is 0. The van der Waals surface area contributed by atoms with E-state index in [4.69, 9.17) is 14.2 Å². The van der Waals surface area contributed by atoms with Crippen LogP contribution in [-0.2, 0) is 11.2 Å². The average Bonchev–Trinajstić information content (AvgIpc) is 3.04. The quantitative estimate of drug-likeness (QED) is 0.545. The molecule has 0 aromatic heterocycles. The van der Waals surface area contributed by atoms with E-state index in [1.54, 1.807) is 27.4 Å². The molecule has 1 aliphatic carbocycles. The van der Waals surface area contributed by atoms with E-state index >= 15 is 0 Å². The van der Waals surface area contributed by atoms with Crippen molar-refractivity contribution in [1.82, 2.24) is 10.2 Å². The second-order valence-corrected chi connectivity index (χ2v) is 8.68. The lowest BCUT2D eigenvalue weighted by Gasteiger charge is -2.19. The number of amides is 1. The molecule has 0 bridgehead atoms. The van der Waals surface area contributed by atoms with Crippen LogP contribution in [0.5, 0.6) is 17.2 Å². The smallest absolute Gasteiger partial charge is 0.217 e. The van der Waals surface area contributed by atoms with Crippen LogP contribution in [0.4, 0.5) is 5.69 Å². The Morgan fingerprint density at radius 2 is 1.82 bits per heavy atom. The topological polar surface area (TPSA) is 89.1 Å². The molecule has 0 unspecified atom stereocenters. The van der Waals surface area contributed by atoms with Crippen LogP contribution in [0.15, 0.2) is 29.1 Å². The number of nitrogens with one attached hydrogen (secondary N) is 2. The Hall–Kier alpha value is -3.26. The maximum atomic E-state index is 13.2. The summed E-state index contributed by atoms with van der Waals surface area (Å²) in [7, 11) is 8.80. The Balaban J connectivity index is 2.21. The van der Waals surface area contributed by atoms with Gasteiger partial charge in [-0.25, -0.2) is 0 Å². The first-order chi connectivity index (χ1) is 16.3. The van der Waals surface area contributed by atoms with Crippen molar-refractivity contribution >= 4 is 11.6 Å². The minimum Gasteiger partial charge on any atom is -0.493 e. The number of nitrogens with zero attached hydrogens (tertiary/aromatic N) is 1. The predicted molar refractivity (Wildman–Crippen MR) is 134 cm³/mol. The van der Waals surface area contributed by atoms with Gasteiger partial charge in [0.05, 0.1) is 33.1 Å². The van der Waals surface area contributed by atoms with Crippen LogP contribution in [-0.4, -0.2) is 59.3 Å². The molecular formula is C26H35N3O5. The molecule has 0 saturated heterocycles. The van der Waals surface area contributed by atoms with Gasteiger partial charge in [0.15, 0.2) is 11.5 Å². The fourth-order valence-electron chi connectivity index (χ4n) is 4.47. The number of methoxy groups -OCH3 is 3. The molecule has 8 heteroatoms. The zero-order valence-corrected chi connectivity index (χ0v) is 20.9. The van der Waals surface area contributed by atoms with Crippen LogP contribution >= 0.6 is 0 Å². The second kappa shape index (κ2) is 11.2. The number of hydrogen-bond acceptors (Lipinski definition) is 7. The first-order valence-electron chi connectivity index (χ1n) is 11.5. The molecule has 8 nitrogen and oxygen atoms in total. The van der Waals surface area contributed by atoms with Gasteiger partial charge in [0, 0.05) is 19.0 Å². The van der Waals surface area contributed by atoms with Crippen LogP contribution in [0.2, 0.25) is 0 Å². The van der Waals surface area contributed by atoms with Crippen molar-refractivity contribution < 1.29 is 19.0 Å². The van der Waals surface area contributed by atoms with Crippen molar-refractivity contribution in [1.29, 1.82) is 0 Å². The summed E-state index contributed by atoms with van der Waals surface area (Å²) in [5.74, 6) is 1.46. The number of ether oxygens (including phenoxy) is 3. The fraction of sp³-hybridized carbons (Fsp3) is 0.462. The van der Waals surface area contributed by atoms with E-state index in [9.17, 15) is 9.59 Å². The molecular weight excluding hydrogens is 434 g/mol. The number of anilines is 1. The third kappa shape index (κ3) is 5.44. The molecule has 1 aliphatic rings. The summed E-state index contributed by atoms with van der Waals surface area (Å²) in [6.45, 7) is 3.10. The van der Waals surface area contributed by atoms with Gasteiger partial charge >= 0.3 is 0 Å². The summed E-state index contributed by atoms with van der Waals surface area (Å²) in [6, 6.07) is 7.01. The van der Waals surface area contributed by atoms with Crippen molar-refractivity contribution in [2.24, 2.45) is 0 Å². The molecule has 0 heterocycles. The number of benzene rings is 1. The van der Waals surface area contributed by atoms with Crippen molar-refractivity contribution in [2.45, 2.75) is 32.2 Å². The first kappa shape index (κ1) is 25.4. The van der Waals surface area contributed by atoms with E-state index in [1.807, 2.05) is 32.3 Å². The monoisotopic (exact) mass is 469 g/mol. The van der Waals surface area contributed by atoms with Gasteiger partial charge < -0.3 is 29.7 Å². The van der Waals surface area contributed by atoms with Gasteiger partial charge in [0.1, 0.15) is 0 Å². The van der Waals surface area contributed by atoms with E-state index < -0.39 is 0 Å². The zero-order valence-electron chi connectivity index (χ0n) is 20.9. The summed E-state index contributed by atoms with van der Waals surface area (Å²) in [5, 5.41) is 6.30. The minimum absolute atomic E-state index is 0.121. The molecule has 0 saturated carbocycles. The molecule has 0 spiro atoms. The summed E-state index contributed by atoms with van der Waals surface area (Å²) in [5.41, 5.74) is 3.83. The van der Waals surface area contributed by atoms with Gasteiger partial charge in [-0.2, -0.15) is 0 Å². The molecule has 184 valence electrons. The maximum Gasteiger partial charge on any atom is 0.217 e. The third-order valence-corrected chi connectivity index (χ3v) is 6.01.